The normalized spacial score (nSPS) is 27.4. The van der Waals surface area contributed by atoms with Gasteiger partial charge in [-0.15, -0.1) is 0 Å². The fourth-order valence-corrected chi connectivity index (χ4v) is 3.39. The second kappa shape index (κ2) is 6.73. The molecule has 1 nitrogen and oxygen atoms in total. The van der Waals surface area contributed by atoms with Crippen LogP contribution in [0.3, 0.4) is 0 Å². The van der Waals surface area contributed by atoms with Crippen molar-refractivity contribution in [1.82, 2.24) is 0 Å². The average molecular weight is 215 g/mol. The average Bonchev–Trinajstić information content (AvgIpc) is 2.51. The SMILES string of the molecule is CC(C)CCSCCC1CCCC1N. The van der Waals surface area contributed by atoms with E-state index in [0.29, 0.717) is 6.04 Å². The third-order valence-electron chi connectivity index (χ3n) is 3.19. The van der Waals surface area contributed by atoms with E-state index in [0.717, 1.165) is 11.8 Å². The first-order valence-corrected chi connectivity index (χ1v) is 7.19. The zero-order chi connectivity index (χ0) is 10.4. The van der Waals surface area contributed by atoms with E-state index in [4.69, 9.17) is 5.73 Å². The van der Waals surface area contributed by atoms with Gasteiger partial charge in [0.25, 0.3) is 0 Å². The molecule has 0 bridgehead atoms. The number of thioether (sulfide) groups is 1. The van der Waals surface area contributed by atoms with E-state index < -0.39 is 0 Å². The van der Waals surface area contributed by atoms with Gasteiger partial charge in [0, 0.05) is 6.04 Å². The fraction of sp³-hybridized carbons (Fsp3) is 1.00. The summed E-state index contributed by atoms with van der Waals surface area (Å²) in [6.45, 7) is 4.60. The zero-order valence-electron chi connectivity index (χ0n) is 9.67. The van der Waals surface area contributed by atoms with Crippen molar-refractivity contribution < 1.29 is 0 Å². The number of rotatable bonds is 6. The first kappa shape index (κ1) is 12.4. The second-order valence-electron chi connectivity index (χ2n) is 4.94. The van der Waals surface area contributed by atoms with E-state index in [2.05, 4.69) is 25.6 Å². The van der Waals surface area contributed by atoms with E-state index in [-0.39, 0.29) is 0 Å². The van der Waals surface area contributed by atoms with Gasteiger partial charge in [0.15, 0.2) is 0 Å². The third kappa shape index (κ3) is 4.70. The van der Waals surface area contributed by atoms with Crippen molar-refractivity contribution in [3.63, 3.8) is 0 Å². The summed E-state index contributed by atoms with van der Waals surface area (Å²) in [5, 5.41) is 0. The molecule has 14 heavy (non-hydrogen) atoms. The van der Waals surface area contributed by atoms with Gasteiger partial charge in [-0.05, 0) is 49.0 Å². The maximum atomic E-state index is 6.03. The Hall–Kier alpha value is 0.310. The van der Waals surface area contributed by atoms with Crippen LogP contribution in [-0.2, 0) is 0 Å². The molecule has 1 aliphatic carbocycles. The molecule has 2 unspecified atom stereocenters. The number of hydrogen-bond acceptors (Lipinski definition) is 2. The summed E-state index contributed by atoms with van der Waals surface area (Å²) in [7, 11) is 0. The van der Waals surface area contributed by atoms with Crippen LogP contribution in [0.5, 0.6) is 0 Å². The molecule has 0 heterocycles. The van der Waals surface area contributed by atoms with E-state index in [1.165, 1.54) is 43.6 Å². The van der Waals surface area contributed by atoms with E-state index >= 15 is 0 Å². The Morgan fingerprint density at radius 2 is 2.07 bits per heavy atom. The summed E-state index contributed by atoms with van der Waals surface area (Å²) in [5.74, 6) is 4.35. The Morgan fingerprint density at radius 1 is 1.29 bits per heavy atom. The van der Waals surface area contributed by atoms with Crippen LogP contribution in [0.15, 0.2) is 0 Å². The second-order valence-corrected chi connectivity index (χ2v) is 6.16. The molecule has 0 aromatic rings. The van der Waals surface area contributed by atoms with Crippen molar-refractivity contribution in [1.29, 1.82) is 0 Å². The molecule has 0 aromatic heterocycles. The molecule has 0 radical (unpaired) electrons. The third-order valence-corrected chi connectivity index (χ3v) is 4.24. The minimum atomic E-state index is 0.515. The van der Waals surface area contributed by atoms with Gasteiger partial charge in [-0.2, -0.15) is 11.8 Å². The highest BCUT2D eigenvalue weighted by atomic mass is 32.2. The highest BCUT2D eigenvalue weighted by molar-refractivity contribution is 7.99. The Balaban J connectivity index is 1.93. The lowest BCUT2D eigenvalue weighted by atomic mass is 10.0. The predicted octanol–water partition coefficient (Wildman–Crippen LogP) is 3.28. The van der Waals surface area contributed by atoms with Crippen LogP contribution in [0.4, 0.5) is 0 Å². The quantitative estimate of drug-likeness (QED) is 0.688. The molecule has 1 rings (SSSR count). The van der Waals surface area contributed by atoms with Gasteiger partial charge >= 0.3 is 0 Å². The van der Waals surface area contributed by atoms with Gasteiger partial charge in [0.05, 0.1) is 0 Å². The molecule has 2 atom stereocenters. The van der Waals surface area contributed by atoms with E-state index in [1.54, 1.807) is 0 Å². The Morgan fingerprint density at radius 3 is 2.64 bits per heavy atom. The lowest BCUT2D eigenvalue weighted by Gasteiger charge is -2.14. The van der Waals surface area contributed by atoms with E-state index in [9.17, 15) is 0 Å². The molecule has 0 aliphatic heterocycles. The summed E-state index contributed by atoms with van der Waals surface area (Å²) in [4.78, 5) is 0. The van der Waals surface area contributed by atoms with Crippen molar-refractivity contribution in [2.75, 3.05) is 11.5 Å². The van der Waals surface area contributed by atoms with Gasteiger partial charge in [0.2, 0.25) is 0 Å². The minimum absolute atomic E-state index is 0.515. The van der Waals surface area contributed by atoms with E-state index in [1.807, 2.05) is 0 Å². The summed E-state index contributed by atoms with van der Waals surface area (Å²) >= 11 is 2.11. The van der Waals surface area contributed by atoms with Crippen molar-refractivity contribution in [3.05, 3.63) is 0 Å². The van der Waals surface area contributed by atoms with Crippen molar-refractivity contribution in [2.45, 2.75) is 52.0 Å². The van der Waals surface area contributed by atoms with Crippen molar-refractivity contribution in [3.8, 4) is 0 Å². The van der Waals surface area contributed by atoms with Crippen LogP contribution in [0, 0.1) is 11.8 Å². The lowest BCUT2D eigenvalue weighted by molar-refractivity contribution is 0.470. The monoisotopic (exact) mass is 215 g/mol. The molecule has 1 saturated carbocycles. The molecular weight excluding hydrogens is 190 g/mol. The molecule has 2 N–H and O–H groups in total. The standard InChI is InChI=1S/C12H25NS/c1-10(2)6-8-14-9-7-11-4-3-5-12(11)13/h10-12H,3-9,13H2,1-2H3. The maximum absolute atomic E-state index is 6.03. The van der Waals surface area contributed by atoms with Crippen LogP contribution < -0.4 is 5.73 Å². The largest absolute Gasteiger partial charge is 0.327 e. The van der Waals surface area contributed by atoms with Crippen molar-refractivity contribution >= 4 is 11.8 Å². The van der Waals surface area contributed by atoms with Gasteiger partial charge in [-0.3, -0.25) is 0 Å². The Bertz CT molecular complexity index is 147. The Labute approximate surface area is 93.2 Å². The molecule has 0 aromatic carbocycles. The molecule has 0 amide bonds. The summed E-state index contributed by atoms with van der Waals surface area (Å²) in [6.07, 6.45) is 6.72. The summed E-state index contributed by atoms with van der Waals surface area (Å²) in [6, 6.07) is 0.515. The maximum Gasteiger partial charge on any atom is 0.00674 e. The molecule has 84 valence electrons. The smallest absolute Gasteiger partial charge is 0.00674 e. The first-order chi connectivity index (χ1) is 6.70. The fourth-order valence-electron chi connectivity index (χ4n) is 2.08. The highest BCUT2D eigenvalue weighted by Gasteiger charge is 2.22. The highest BCUT2D eigenvalue weighted by Crippen LogP contribution is 2.28. The minimum Gasteiger partial charge on any atom is -0.327 e. The van der Waals surface area contributed by atoms with Gasteiger partial charge in [0.1, 0.15) is 0 Å². The molecule has 0 saturated heterocycles. The van der Waals surface area contributed by atoms with Gasteiger partial charge < -0.3 is 5.73 Å². The predicted molar refractivity (Wildman–Crippen MR) is 66.7 cm³/mol. The van der Waals surface area contributed by atoms with Crippen LogP contribution >= 0.6 is 11.8 Å². The summed E-state index contributed by atoms with van der Waals surface area (Å²) in [5.41, 5.74) is 6.03. The molecule has 1 aliphatic rings. The molecular formula is C12H25NS. The van der Waals surface area contributed by atoms with Gasteiger partial charge in [-0.1, -0.05) is 20.3 Å². The van der Waals surface area contributed by atoms with Crippen LogP contribution in [0.1, 0.15) is 46.0 Å². The lowest BCUT2D eigenvalue weighted by Crippen LogP contribution is -2.24. The molecule has 1 fully saturated rings. The van der Waals surface area contributed by atoms with Crippen LogP contribution in [0.25, 0.3) is 0 Å². The van der Waals surface area contributed by atoms with Gasteiger partial charge in [-0.25, -0.2) is 0 Å². The summed E-state index contributed by atoms with van der Waals surface area (Å²) < 4.78 is 0. The Kier molecular flexibility index (Phi) is 5.95. The molecule has 2 heteroatoms. The topological polar surface area (TPSA) is 26.0 Å². The molecule has 0 spiro atoms. The zero-order valence-corrected chi connectivity index (χ0v) is 10.5. The van der Waals surface area contributed by atoms with Crippen LogP contribution in [-0.4, -0.2) is 17.5 Å². The van der Waals surface area contributed by atoms with Crippen LogP contribution in [0.2, 0.25) is 0 Å². The first-order valence-electron chi connectivity index (χ1n) is 6.03. The number of hydrogen-bond donors (Lipinski definition) is 1. The number of nitrogens with two attached hydrogens (primary N) is 1. The van der Waals surface area contributed by atoms with Crippen molar-refractivity contribution in [2.24, 2.45) is 17.6 Å².